The monoisotopic (exact) mass is 485 g/mol. The molecule has 0 unspecified atom stereocenters. The van der Waals surface area contributed by atoms with Crippen LogP contribution in [0.2, 0.25) is 10.0 Å². The molecule has 32 heavy (non-hydrogen) atoms. The molecular weight excluding hydrogens is 469 g/mol. The minimum Gasteiger partial charge on any atom is -0.497 e. The zero-order valence-corrected chi connectivity index (χ0v) is 19.1. The van der Waals surface area contributed by atoms with Gasteiger partial charge in [0.05, 0.1) is 12.1 Å². The van der Waals surface area contributed by atoms with Crippen LogP contribution in [-0.4, -0.2) is 23.1 Å². The van der Waals surface area contributed by atoms with Crippen LogP contribution in [0.1, 0.15) is 21.8 Å². The van der Waals surface area contributed by atoms with E-state index in [2.05, 4.69) is 15.6 Å². The SMILES string of the molecule is COc1ccc(C(=O)NC(=S)Nc2ccc(Cc3nc4cc(Cl)cc(Cl)c4o3)cc2)cc1. The predicted octanol–water partition coefficient (Wildman–Crippen LogP) is 5.86. The Labute approximate surface area is 199 Å². The fraction of sp³-hybridized carbons (Fsp3) is 0.0870. The Hall–Kier alpha value is -3.13. The van der Waals surface area contributed by atoms with Gasteiger partial charge in [-0.05, 0) is 66.3 Å². The zero-order valence-electron chi connectivity index (χ0n) is 16.8. The number of nitrogens with zero attached hydrogens (tertiary/aromatic N) is 1. The smallest absolute Gasteiger partial charge is 0.257 e. The van der Waals surface area contributed by atoms with E-state index >= 15 is 0 Å². The highest BCUT2D eigenvalue weighted by atomic mass is 35.5. The van der Waals surface area contributed by atoms with Crippen LogP contribution in [0, 0.1) is 0 Å². The number of hydrogen-bond donors (Lipinski definition) is 2. The van der Waals surface area contributed by atoms with Crippen LogP contribution in [0.25, 0.3) is 11.1 Å². The van der Waals surface area contributed by atoms with Crippen molar-refractivity contribution in [2.45, 2.75) is 6.42 Å². The Bertz CT molecular complexity index is 1290. The number of methoxy groups -OCH3 is 1. The van der Waals surface area contributed by atoms with Gasteiger partial charge >= 0.3 is 0 Å². The third-order valence-corrected chi connectivity index (χ3v) is 5.30. The van der Waals surface area contributed by atoms with Gasteiger partial charge in [0.2, 0.25) is 0 Å². The lowest BCUT2D eigenvalue weighted by Crippen LogP contribution is -2.34. The number of anilines is 1. The Morgan fingerprint density at radius 1 is 1.09 bits per heavy atom. The maximum absolute atomic E-state index is 12.3. The number of carbonyl (C=O) groups is 1. The van der Waals surface area contributed by atoms with E-state index in [1.165, 1.54) is 0 Å². The maximum Gasteiger partial charge on any atom is 0.257 e. The topological polar surface area (TPSA) is 76.4 Å². The lowest BCUT2D eigenvalue weighted by atomic mass is 10.1. The van der Waals surface area contributed by atoms with E-state index < -0.39 is 0 Å². The molecule has 0 saturated carbocycles. The van der Waals surface area contributed by atoms with E-state index in [9.17, 15) is 4.79 Å². The first kappa shape index (κ1) is 22.1. The van der Waals surface area contributed by atoms with E-state index in [0.29, 0.717) is 44.8 Å². The number of carbonyl (C=O) groups excluding carboxylic acids is 1. The maximum atomic E-state index is 12.3. The summed E-state index contributed by atoms with van der Waals surface area (Å²) in [7, 11) is 1.57. The van der Waals surface area contributed by atoms with Crippen molar-refractivity contribution >= 4 is 63.2 Å². The summed E-state index contributed by atoms with van der Waals surface area (Å²) >= 11 is 17.4. The predicted molar refractivity (Wildman–Crippen MR) is 130 cm³/mol. The van der Waals surface area contributed by atoms with Gasteiger partial charge in [-0.3, -0.25) is 10.1 Å². The summed E-state index contributed by atoms with van der Waals surface area (Å²) in [5.41, 5.74) is 3.33. The lowest BCUT2D eigenvalue weighted by Gasteiger charge is -2.10. The number of fused-ring (bicyclic) bond motifs is 1. The molecule has 0 aliphatic rings. The summed E-state index contributed by atoms with van der Waals surface area (Å²) in [6.07, 6.45) is 0.488. The van der Waals surface area contributed by atoms with Gasteiger partial charge in [0.25, 0.3) is 5.91 Å². The first-order chi connectivity index (χ1) is 15.4. The van der Waals surface area contributed by atoms with Crippen LogP contribution >= 0.6 is 35.4 Å². The van der Waals surface area contributed by atoms with E-state index in [1.54, 1.807) is 43.5 Å². The molecule has 0 aliphatic carbocycles. The van der Waals surface area contributed by atoms with Gasteiger partial charge in [-0.1, -0.05) is 35.3 Å². The molecule has 0 atom stereocenters. The van der Waals surface area contributed by atoms with Crippen molar-refractivity contribution in [3.63, 3.8) is 0 Å². The number of thiocarbonyl (C=S) groups is 1. The van der Waals surface area contributed by atoms with Gasteiger partial charge in [-0.2, -0.15) is 0 Å². The lowest BCUT2D eigenvalue weighted by molar-refractivity contribution is 0.0977. The van der Waals surface area contributed by atoms with Crippen molar-refractivity contribution in [2.24, 2.45) is 0 Å². The number of amides is 1. The summed E-state index contributed by atoms with van der Waals surface area (Å²) in [4.78, 5) is 16.8. The highest BCUT2D eigenvalue weighted by molar-refractivity contribution is 7.80. The standard InChI is InChI=1S/C23H17Cl2N3O3S/c1-30-17-8-4-14(5-9-17)22(29)28-23(32)26-16-6-2-13(3-7-16)10-20-27-19-12-15(24)11-18(25)21(19)31-20/h2-9,11-12H,10H2,1H3,(H2,26,28,29,32). The molecule has 6 nitrogen and oxygen atoms in total. The molecule has 1 amide bonds. The molecule has 0 bridgehead atoms. The molecule has 1 aromatic heterocycles. The van der Waals surface area contributed by atoms with Gasteiger partial charge < -0.3 is 14.5 Å². The molecule has 0 saturated heterocycles. The molecule has 0 fully saturated rings. The minimum absolute atomic E-state index is 0.198. The molecule has 162 valence electrons. The first-order valence-corrected chi connectivity index (χ1v) is 10.7. The van der Waals surface area contributed by atoms with E-state index in [4.69, 9.17) is 44.6 Å². The van der Waals surface area contributed by atoms with Gasteiger partial charge in [-0.25, -0.2) is 4.98 Å². The van der Waals surface area contributed by atoms with Crippen LogP contribution in [0.5, 0.6) is 5.75 Å². The summed E-state index contributed by atoms with van der Waals surface area (Å²) in [6.45, 7) is 0. The Morgan fingerprint density at radius 3 is 2.50 bits per heavy atom. The normalized spacial score (nSPS) is 10.7. The van der Waals surface area contributed by atoms with Crippen LogP contribution in [0.4, 0.5) is 5.69 Å². The summed E-state index contributed by atoms with van der Waals surface area (Å²) in [5.74, 6) is 0.899. The summed E-state index contributed by atoms with van der Waals surface area (Å²) in [6, 6.07) is 17.6. The largest absolute Gasteiger partial charge is 0.497 e. The summed E-state index contributed by atoms with van der Waals surface area (Å²) < 4.78 is 10.8. The number of aromatic nitrogens is 1. The first-order valence-electron chi connectivity index (χ1n) is 9.51. The quantitative estimate of drug-likeness (QED) is 0.344. The molecule has 4 rings (SSSR count). The molecule has 9 heteroatoms. The second-order valence-electron chi connectivity index (χ2n) is 6.85. The van der Waals surface area contributed by atoms with Crippen LogP contribution < -0.4 is 15.4 Å². The van der Waals surface area contributed by atoms with Crippen LogP contribution in [0.15, 0.2) is 65.1 Å². The van der Waals surface area contributed by atoms with Crippen molar-refractivity contribution in [2.75, 3.05) is 12.4 Å². The fourth-order valence-corrected chi connectivity index (χ4v) is 3.77. The van der Waals surface area contributed by atoms with Crippen molar-refractivity contribution in [3.8, 4) is 5.75 Å². The number of hydrogen-bond acceptors (Lipinski definition) is 5. The average molecular weight is 486 g/mol. The number of nitrogens with one attached hydrogen (secondary N) is 2. The van der Waals surface area contributed by atoms with Gasteiger partial charge in [-0.15, -0.1) is 0 Å². The highest BCUT2D eigenvalue weighted by Crippen LogP contribution is 2.29. The molecule has 3 aromatic carbocycles. The number of benzene rings is 3. The highest BCUT2D eigenvalue weighted by Gasteiger charge is 2.12. The second kappa shape index (κ2) is 9.56. The molecular formula is C23H17Cl2N3O3S. The number of rotatable bonds is 5. The summed E-state index contributed by atoms with van der Waals surface area (Å²) in [5, 5.41) is 6.78. The van der Waals surface area contributed by atoms with Gasteiger partial charge in [0.15, 0.2) is 16.6 Å². The second-order valence-corrected chi connectivity index (χ2v) is 8.11. The molecule has 1 heterocycles. The molecule has 0 radical (unpaired) electrons. The minimum atomic E-state index is -0.309. The third-order valence-electron chi connectivity index (χ3n) is 4.60. The van der Waals surface area contributed by atoms with Crippen molar-refractivity contribution in [1.29, 1.82) is 0 Å². The van der Waals surface area contributed by atoms with E-state index in [-0.39, 0.29) is 11.0 Å². The Kier molecular flexibility index (Phi) is 6.60. The average Bonchev–Trinajstić information content (AvgIpc) is 3.17. The van der Waals surface area contributed by atoms with Gasteiger partial charge in [0.1, 0.15) is 11.3 Å². The molecule has 4 aromatic rings. The van der Waals surface area contributed by atoms with Crippen molar-refractivity contribution in [1.82, 2.24) is 10.3 Å². The third kappa shape index (κ3) is 5.19. The van der Waals surface area contributed by atoms with Crippen molar-refractivity contribution in [3.05, 3.63) is 87.7 Å². The number of oxazole rings is 1. The van der Waals surface area contributed by atoms with Gasteiger partial charge in [0, 0.05) is 22.7 Å². The fourth-order valence-electron chi connectivity index (χ4n) is 3.04. The Balaban J connectivity index is 1.36. The van der Waals surface area contributed by atoms with E-state index in [1.807, 2.05) is 24.3 Å². The molecule has 2 N–H and O–H groups in total. The zero-order chi connectivity index (χ0) is 22.7. The number of halogens is 2. The van der Waals surface area contributed by atoms with E-state index in [0.717, 1.165) is 11.3 Å². The number of ether oxygens (including phenoxy) is 1. The van der Waals surface area contributed by atoms with Crippen molar-refractivity contribution < 1.29 is 13.9 Å². The molecule has 0 aliphatic heterocycles. The molecule has 0 spiro atoms. The van der Waals surface area contributed by atoms with Crippen LogP contribution in [-0.2, 0) is 6.42 Å². The van der Waals surface area contributed by atoms with Crippen LogP contribution in [0.3, 0.4) is 0 Å². The Morgan fingerprint density at radius 2 is 1.81 bits per heavy atom.